The quantitative estimate of drug-likeness (QED) is 0.808. The highest BCUT2D eigenvalue weighted by molar-refractivity contribution is 9.10. The average molecular weight is 382 g/mol. The minimum Gasteiger partial charge on any atom is -0.297 e. The van der Waals surface area contributed by atoms with Crippen LogP contribution in [0.5, 0.6) is 0 Å². The molecule has 0 bridgehead atoms. The number of hydrogen-bond acceptors (Lipinski definition) is 3. The number of pyridine rings is 1. The fourth-order valence-corrected chi connectivity index (χ4v) is 3.28. The molecule has 0 saturated carbocycles. The van der Waals surface area contributed by atoms with Crippen molar-refractivity contribution in [1.29, 1.82) is 0 Å². The van der Waals surface area contributed by atoms with Crippen LogP contribution in [0.15, 0.2) is 41.1 Å². The lowest BCUT2D eigenvalue weighted by atomic mass is 10.1. The van der Waals surface area contributed by atoms with Gasteiger partial charge < -0.3 is 0 Å². The van der Waals surface area contributed by atoms with Crippen LogP contribution in [0.2, 0.25) is 0 Å². The van der Waals surface area contributed by atoms with Gasteiger partial charge in [-0.05, 0) is 45.3 Å². The number of benzene rings is 1. The highest BCUT2D eigenvalue weighted by atomic mass is 79.9. The summed E-state index contributed by atoms with van der Waals surface area (Å²) in [5.74, 6) is -1.03. The zero-order valence-electron chi connectivity index (χ0n) is 12.7. The third-order valence-corrected chi connectivity index (χ3v) is 4.39. The molecule has 1 aliphatic rings. The Morgan fingerprint density at radius 1 is 0.826 bits per heavy atom. The summed E-state index contributed by atoms with van der Waals surface area (Å²) >= 11 is 3.43. The largest absolute Gasteiger partial charge is 0.297 e. The first kappa shape index (κ1) is 16.5. The summed E-state index contributed by atoms with van der Waals surface area (Å²) in [6.45, 7) is 5.10. The average Bonchev–Trinajstić information content (AvgIpc) is 2.48. The highest BCUT2D eigenvalue weighted by Crippen LogP contribution is 2.15. The van der Waals surface area contributed by atoms with Gasteiger partial charge in [0.15, 0.2) is 0 Å². The summed E-state index contributed by atoms with van der Waals surface area (Å²) in [6, 6.07) is 5.80. The van der Waals surface area contributed by atoms with Gasteiger partial charge in [0.2, 0.25) is 0 Å². The number of rotatable bonds is 4. The Labute approximate surface area is 143 Å². The lowest BCUT2D eigenvalue weighted by Crippen LogP contribution is -2.45. The normalized spacial score (nSPS) is 16.7. The van der Waals surface area contributed by atoms with E-state index in [1.165, 1.54) is 17.7 Å². The Morgan fingerprint density at radius 2 is 1.39 bits per heavy atom. The Hall–Kier alpha value is -1.37. The van der Waals surface area contributed by atoms with Gasteiger partial charge in [0.25, 0.3) is 0 Å². The van der Waals surface area contributed by atoms with Gasteiger partial charge >= 0.3 is 0 Å². The van der Waals surface area contributed by atoms with Crippen LogP contribution in [0.3, 0.4) is 0 Å². The summed E-state index contributed by atoms with van der Waals surface area (Å²) in [7, 11) is 0. The van der Waals surface area contributed by atoms with Crippen LogP contribution in [0.4, 0.5) is 8.78 Å². The van der Waals surface area contributed by atoms with Crippen LogP contribution in [-0.4, -0.2) is 41.0 Å². The molecule has 0 aliphatic carbocycles. The number of aromatic nitrogens is 1. The van der Waals surface area contributed by atoms with E-state index >= 15 is 0 Å². The van der Waals surface area contributed by atoms with Crippen LogP contribution in [0.25, 0.3) is 0 Å². The lowest BCUT2D eigenvalue weighted by Gasteiger charge is -2.34. The molecular weight excluding hydrogens is 364 g/mol. The minimum absolute atomic E-state index is 0.513. The van der Waals surface area contributed by atoms with Crippen molar-refractivity contribution in [2.24, 2.45) is 0 Å². The Bertz CT molecular complexity index is 652. The monoisotopic (exact) mass is 381 g/mol. The molecule has 23 heavy (non-hydrogen) atoms. The van der Waals surface area contributed by atoms with E-state index in [1.54, 1.807) is 6.20 Å². The van der Waals surface area contributed by atoms with E-state index in [-0.39, 0.29) is 0 Å². The third kappa shape index (κ3) is 4.80. The molecule has 1 aromatic carbocycles. The van der Waals surface area contributed by atoms with Crippen molar-refractivity contribution in [3.05, 3.63) is 63.9 Å². The minimum atomic E-state index is -0.513. The molecule has 0 atom stereocenters. The summed E-state index contributed by atoms with van der Waals surface area (Å²) in [5.41, 5.74) is 1.87. The van der Waals surface area contributed by atoms with Gasteiger partial charge in [-0.1, -0.05) is 0 Å². The van der Waals surface area contributed by atoms with Crippen molar-refractivity contribution < 1.29 is 8.78 Å². The van der Waals surface area contributed by atoms with Gasteiger partial charge in [-0.25, -0.2) is 8.78 Å². The molecule has 1 aromatic heterocycles. The SMILES string of the molecule is Fc1cc(F)cc(CN2CCN(Cc3cncc(Br)c3)CC2)c1. The topological polar surface area (TPSA) is 19.4 Å². The number of halogens is 3. The second-order valence-electron chi connectivity index (χ2n) is 5.84. The molecule has 0 spiro atoms. The van der Waals surface area contributed by atoms with Gasteiger partial charge in [-0.2, -0.15) is 0 Å². The van der Waals surface area contributed by atoms with E-state index in [1.807, 2.05) is 6.20 Å². The maximum absolute atomic E-state index is 13.2. The summed E-state index contributed by atoms with van der Waals surface area (Å²) < 4.78 is 27.5. The first-order valence-corrected chi connectivity index (χ1v) is 8.37. The zero-order valence-corrected chi connectivity index (χ0v) is 14.3. The van der Waals surface area contributed by atoms with Crippen molar-refractivity contribution in [2.45, 2.75) is 13.1 Å². The zero-order chi connectivity index (χ0) is 16.2. The number of hydrogen-bond donors (Lipinski definition) is 0. The van der Waals surface area contributed by atoms with Crippen LogP contribution in [0.1, 0.15) is 11.1 Å². The molecule has 1 saturated heterocycles. The predicted molar refractivity (Wildman–Crippen MR) is 88.8 cm³/mol. The van der Waals surface area contributed by atoms with Gasteiger partial charge in [-0.15, -0.1) is 0 Å². The van der Waals surface area contributed by atoms with Gasteiger partial charge in [0.05, 0.1) is 0 Å². The molecule has 1 fully saturated rings. The Morgan fingerprint density at radius 3 is 1.96 bits per heavy atom. The molecule has 0 N–H and O–H groups in total. The summed E-state index contributed by atoms with van der Waals surface area (Å²) in [6.07, 6.45) is 3.66. The second-order valence-corrected chi connectivity index (χ2v) is 6.76. The van der Waals surface area contributed by atoms with Crippen molar-refractivity contribution >= 4 is 15.9 Å². The fourth-order valence-electron chi connectivity index (χ4n) is 2.87. The van der Waals surface area contributed by atoms with E-state index in [2.05, 4.69) is 36.8 Å². The van der Waals surface area contributed by atoms with Crippen LogP contribution in [-0.2, 0) is 13.1 Å². The standard InChI is InChI=1S/C17H18BrF2N3/c18-15-5-14(9-21-10-15)12-23-3-1-22(2-4-23)11-13-6-16(19)8-17(20)7-13/h5-10H,1-4,11-12H2. The van der Waals surface area contributed by atoms with Crippen LogP contribution < -0.4 is 0 Å². The first-order valence-electron chi connectivity index (χ1n) is 7.57. The molecule has 122 valence electrons. The van der Waals surface area contributed by atoms with E-state index in [4.69, 9.17) is 0 Å². The van der Waals surface area contributed by atoms with Crippen LogP contribution >= 0.6 is 15.9 Å². The highest BCUT2D eigenvalue weighted by Gasteiger charge is 2.17. The van der Waals surface area contributed by atoms with Crippen molar-refractivity contribution in [3.63, 3.8) is 0 Å². The smallest absolute Gasteiger partial charge is 0.126 e. The number of piperazine rings is 1. The maximum Gasteiger partial charge on any atom is 0.126 e. The predicted octanol–water partition coefficient (Wildman–Crippen LogP) is 3.44. The molecule has 0 unspecified atom stereocenters. The van der Waals surface area contributed by atoms with Gasteiger partial charge in [0.1, 0.15) is 11.6 Å². The third-order valence-electron chi connectivity index (χ3n) is 3.96. The number of nitrogens with zero attached hydrogens (tertiary/aromatic N) is 3. The fraction of sp³-hybridized carbons (Fsp3) is 0.353. The van der Waals surface area contributed by atoms with Crippen molar-refractivity contribution in [3.8, 4) is 0 Å². The second kappa shape index (κ2) is 7.47. The Kier molecular flexibility index (Phi) is 5.35. The molecule has 0 radical (unpaired) electrons. The van der Waals surface area contributed by atoms with E-state index in [0.29, 0.717) is 12.1 Å². The molecule has 1 aliphatic heterocycles. The van der Waals surface area contributed by atoms with Crippen molar-refractivity contribution in [2.75, 3.05) is 26.2 Å². The molecule has 2 aromatic rings. The molecule has 6 heteroatoms. The lowest BCUT2D eigenvalue weighted by molar-refractivity contribution is 0.122. The molecule has 0 amide bonds. The van der Waals surface area contributed by atoms with E-state index in [0.717, 1.165) is 43.3 Å². The summed E-state index contributed by atoms with van der Waals surface area (Å²) in [4.78, 5) is 8.78. The van der Waals surface area contributed by atoms with Gasteiger partial charge in [-0.3, -0.25) is 14.8 Å². The van der Waals surface area contributed by atoms with Gasteiger partial charge in [0, 0.05) is 62.2 Å². The summed E-state index contributed by atoms with van der Waals surface area (Å²) in [5, 5.41) is 0. The molecule has 3 nitrogen and oxygen atoms in total. The van der Waals surface area contributed by atoms with Crippen LogP contribution in [0, 0.1) is 11.6 Å². The molecule has 2 heterocycles. The van der Waals surface area contributed by atoms with E-state index < -0.39 is 11.6 Å². The molecule has 3 rings (SSSR count). The maximum atomic E-state index is 13.2. The van der Waals surface area contributed by atoms with E-state index in [9.17, 15) is 8.78 Å². The Balaban J connectivity index is 1.52. The van der Waals surface area contributed by atoms with Crippen molar-refractivity contribution in [1.82, 2.24) is 14.8 Å². The first-order chi connectivity index (χ1) is 11.1. The molecular formula is C17H18BrF2N3.